The first kappa shape index (κ1) is 15.8. The van der Waals surface area contributed by atoms with Gasteiger partial charge in [-0.25, -0.2) is 9.79 Å². The summed E-state index contributed by atoms with van der Waals surface area (Å²) >= 11 is 0.965. The molecule has 0 aromatic heterocycles. The van der Waals surface area contributed by atoms with Crippen LogP contribution in [-0.2, 0) is 6.18 Å². The first-order chi connectivity index (χ1) is 9.31. The fourth-order valence-corrected chi connectivity index (χ4v) is 1.71. The topological polar surface area (TPSA) is 85.5 Å². The Kier molecular flexibility index (Phi) is 4.99. The molecule has 0 amide bonds. The number of nitriles is 1. The number of carboxylic acid groups (broad SMARTS) is 1. The number of thioether (sulfide) groups is 1. The van der Waals surface area contributed by atoms with Crippen LogP contribution in [0.3, 0.4) is 0 Å². The van der Waals surface area contributed by atoms with Crippen LogP contribution in [0.25, 0.3) is 0 Å². The Bertz CT molecular complexity index is 594. The molecule has 0 heterocycles. The molecule has 0 aliphatic heterocycles. The van der Waals surface area contributed by atoms with Crippen molar-refractivity contribution in [1.82, 2.24) is 5.32 Å². The fourth-order valence-electron chi connectivity index (χ4n) is 1.38. The van der Waals surface area contributed by atoms with E-state index in [9.17, 15) is 18.0 Å². The average molecular weight is 303 g/mol. The Morgan fingerprint density at radius 3 is 2.60 bits per heavy atom. The van der Waals surface area contributed by atoms with Gasteiger partial charge < -0.3 is 5.11 Å². The molecular weight excluding hydrogens is 295 g/mol. The first-order valence-electron chi connectivity index (χ1n) is 5.02. The van der Waals surface area contributed by atoms with Gasteiger partial charge >= 0.3 is 12.1 Å². The minimum atomic E-state index is -4.80. The highest BCUT2D eigenvalue weighted by molar-refractivity contribution is 8.13. The molecule has 20 heavy (non-hydrogen) atoms. The highest BCUT2D eigenvalue weighted by Crippen LogP contribution is 2.36. The van der Waals surface area contributed by atoms with Crippen molar-refractivity contribution < 1.29 is 23.1 Å². The van der Waals surface area contributed by atoms with Gasteiger partial charge in [-0.3, -0.25) is 5.32 Å². The molecule has 9 heteroatoms. The molecule has 0 fully saturated rings. The molecule has 106 valence electrons. The Morgan fingerprint density at radius 2 is 2.15 bits per heavy atom. The predicted molar refractivity (Wildman–Crippen MR) is 67.8 cm³/mol. The van der Waals surface area contributed by atoms with E-state index >= 15 is 0 Å². The fraction of sp³-hybridized carbons (Fsp3) is 0.182. The summed E-state index contributed by atoms with van der Waals surface area (Å²) in [6.45, 7) is 0. The lowest BCUT2D eigenvalue weighted by Gasteiger charge is -2.12. The molecule has 5 nitrogen and oxygen atoms in total. The molecule has 1 aromatic carbocycles. The van der Waals surface area contributed by atoms with Crippen molar-refractivity contribution in [1.29, 1.82) is 5.26 Å². The molecule has 1 rings (SSSR count). The van der Waals surface area contributed by atoms with Gasteiger partial charge in [0.1, 0.15) is 0 Å². The molecule has 0 aliphatic carbocycles. The van der Waals surface area contributed by atoms with Crippen LogP contribution in [0.5, 0.6) is 0 Å². The highest BCUT2D eigenvalue weighted by Gasteiger charge is 2.36. The number of amidine groups is 1. The van der Waals surface area contributed by atoms with Gasteiger partial charge in [-0.2, -0.15) is 18.4 Å². The van der Waals surface area contributed by atoms with Crippen LogP contribution in [0, 0.1) is 11.5 Å². The van der Waals surface area contributed by atoms with E-state index in [1.165, 1.54) is 6.26 Å². The third-order valence-electron chi connectivity index (χ3n) is 2.14. The van der Waals surface area contributed by atoms with Crippen molar-refractivity contribution in [3.8, 4) is 6.19 Å². The van der Waals surface area contributed by atoms with Gasteiger partial charge in [-0.05, 0) is 18.4 Å². The maximum Gasteiger partial charge on any atom is 0.417 e. The molecule has 0 bridgehead atoms. The summed E-state index contributed by atoms with van der Waals surface area (Å²) in [5.41, 5.74) is -2.62. The smallest absolute Gasteiger partial charge is 0.417 e. The Hall–Kier alpha value is -2.21. The van der Waals surface area contributed by atoms with Gasteiger partial charge in [0.25, 0.3) is 0 Å². The summed E-state index contributed by atoms with van der Waals surface area (Å²) in [4.78, 5) is 14.8. The van der Waals surface area contributed by atoms with Crippen molar-refractivity contribution in [3.05, 3.63) is 29.3 Å². The van der Waals surface area contributed by atoms with Gasteiger partial charge in [0.2, 0.25) is 0 Å². The summed E-state index contributed by atoms with van der Waals surface area (Å²) in [6, 6.07) is 2.85. The maximum absolute atomic E-state index is 12.8. The van der Waals surface area contributed by atoms with E-state index in [2.05, 4.69) is 10.3 Å². The van der Waals surface area contributed by atoms with Crippen molar-refractivity contribution in [2.24, 2.45) is 4.99 Å². The SMILES string of the molecule is CSC(=Nc1cccc(C(F)(F)F)c1C(=O)O)NC#N. The second-order valence-corrected chi connectivity index (χ2v) is 4.16. The van der Waals surface area contributed by atoms with Crippen molar-refractivity contribution >= 4 is 28.6 Å². The summed E-state index contributed by atoms with van der Waals surface area (Å²) in [5.74, 6) is -1.74. The number of aliphatic imine (C=N–C) groups is 1. The number of carboxylic acids is 1. The molecule has 0 spiro atoms. The molecule has 0 saturated heterocycles. The van der Waals surface area contributed by atoms with E-state index in [0.717, 1.165) is 23.9 Å². The molecular formula is C11H8F3N3O2S. The monoisotopic (exact) mass is 303 g/mol. The standard InChI is InChI=1S/C11H8F3N3O2S/c1-20-10(16-5-15)17-7-4-2-3-6(11(12,13)14)8(7)9(18)19/h2-4H,1H3,(H,16,17)(H,18,19). The molecule has 0 saturated carbocycles. The maximum atomic E-state index is 12.8. The van der Waals surface area contributed by atoms with Crippen molar-refractivity contribution in [2.75, 3.05) is 6.26 Å². The van der Waals surface area contributed by atoms with Gasteiger partial charge in [0.15, 0.2) is 11.4 Å². The van der Waals surface area contributed by atoms with Gasteiger partial charge in [-0.1, -0.05) is 17.8 Å². The molecule has 0 unspecified atom stereocenters. The lowest BCUT2D eigenvalue weighted by Crippen LogP contribution is -2.15. The second-order valence-electron chi connectivity index (χ2n) is 3.36. The lowest BCUT2D eigenvalue weighted by atomic mass is 10.1. The van der Waals surface area contributed by atoms with Crippen LogP contribution in [0.4, 0.5) is 18.9 Å². The first-order valence-corrected chi connectivity index (χ1v) is 6.25. The number of alkyl halides is 3. The summed E-state index contributed by atoms with van der Waals surface area (Å²) in [5, 5.41) is 19.6. The summed E-state index contributed by atoms with van der Waals surface area (Å²) in [7, 11) is 0. The van der Waals surface area contributed by atoms with E-state index in [-0.39, 0.29) is 10.9 Å². The minimum absolute atomic E-state index is 0.00526. The highest BCUT2D eigenvalue weighted by atomic mass is 32.2. The minimum Gasteiger partial charge on any atom is -0.478 e. The van der Waals surface area contributed by atoms with Gasteiger partial charge in [0, 0.05) is 0 Å². The Balaban J connectivity index is 3.49. The summed E-state index contributed by atoms with van der Waals surface area (Å²) < 4.78 is 38.3. The zero-order valence-corrected chi connectivity index (χ0v) is 10.8. The molecule has 0 radical (unpaired) electrons. The quantitative estimate of drug-likeness (QED) is 0.380. The Labute approximate surface area is 116 Å². The lowest BCUT2D eigenvalue weighted by molar-refractivity contribution is -0.138. The third-order valence-corrected chi connectivity index (χ3v) is 2.72. The van der Waals surface area contributed by atoms with Crippen LogP contribution in [-0.4, -0.2) is 22.5 Å². The largest absolute Gasteiger partial charge is 0.478 e. The number of hydrogen-bond donors (Lipinski definition) is 2. The predicted octanol–water partition coefficient (Wildman–Crippen LogP) is 2.82. The van der Waals surface area contributed by atoms with Crippen LogP contribution in [0.1, 0.15) is 15.9 Å². The Morgan fingerprint density at radius 1 is 1.50 bits per heavy atom. The molecule has 0 atom stereocenters. The number of carbonyl (C=O) groups is 1. The van der Waals surface area contributed by atoms with Gasteiger partial charge in [0.05, 0.1) is 16.8 Å². The summed E-state index contributed by atoms with van der Waals surface area (Å²) in [6.07, 6.45) is -1.70. The van der Waals surface area contributed by atoms with E-state index in [1.807, 2.05) is 0 Å². The zero-order chi connectivity index (χ0) is 15.3. The third kappa shape index (κ3) is 3.64. The zero-order valence-electron chi connectivity index (χ0n) is 10.0. The molecule has 1 aromatic rings. The van der Waals surface area contributed by atoms with Crippen LogP contribution in [0.15, 0.2) is 23.2 Å². The van der Waals surface area contributed by atoms with Gasteiger partial charge in [-0.15, -0.1) is 0 Å². The van der Waals surface area contributed by atoms with Crippen LogP contribution in [0.2, 0.25) is 0 Å². The molecule has 0 aliphatic rings. The molecule has 2 N–H and O–H groups in total. The number of nitrogens with one attached hydrogen (secondary N) is 1. The van der Waals surface area contributed by atoms with Crippen molar-refractivity contribution in [2.45, 2.75) is 6.18 Å². The van der Waals surface area contributed by atoms with E-state index in [0.29, 0.717) is 6.07 Å². The van der Waals surface area contributed by atoms with Crippen LogP contribution >= 0.6 is 11.8 Å². The number of hydrogen-bond acceptors (Lipinski definition) is 4. The van der Waals surface area contributed by atoms with Crippen LogP contribution < -0.4 is 5.32 Å². The second kappa shape index (κ2) is 6.29. The number of nitrogens with zero attached hydrogens (tertiary/aromatic N) is 2. The number of rotatable bonds is 2. The average Bonchev–Trinajstić information content (AvgIpc) is 2.36. The number of aromatic carboxylic acids is 1. The van der Waals surface area contributed by atoms with E-state index < -0.39 is 23.3 Å². The normalized spacial score (nSPS) is 11.8. The number of benzene rings is 1. The van der Waals surface area contributed by atoms with Crippen molar-refractivity contribution in [3.63, 3.8) is 0 Å². The van der Waals surface area contributed by atoms with E-state index in [1.54, 1.807) is 6.19 Å². The van der Waals surface area contributed by atoms with E-state index in [4.69, 9.17) is 10.4 Å². The number of halogens is 3.